The molecule has 0 spiro atoms. The summed E-state index contributed by atoms with van der Waals surface area (Å²) in [6, 6.07) is 26.7. The van der Waals surface area contributed by atoms with Crippen LogP contribution in [0.1, 0.15) is 52.1 Å². The number of esters is 1. The van der Waals surface area contributed by atoms with Crippen LogP contribution in [0.15, 0.2) is 97.1 Å². The highest BCUT2D eigenvalue weighted by Crippen LogP contribution is 2.20. The van der Waals surface area contributed by atoms with Crippen LogP contribution in [0, 0.1) is 5.92 Å². The Kier molecular flexibility index (Phi) is 12.1. The number of hydrogen-bond acceptors (Lipinski definition) is 7. The number of carbonyl (C=O) groups excluding carboxylic acids is 3. The van der Waals surface area contributed by atoms with E-state index < -0.39 is 24.4 Å². The molecular formula is C37H38N2O8. The fraction of sp³-hybridized carbons (Fsp3) is 0.243. The zero-order valence-corrected chi connectivity index (χ0v) is 26.6. The fourth-order valence-corrected chi connectivity index (χ4v) is 4.52. The number of carboxylic acid groups (broad SMARTS) is 1. The Morgan fingerprint density at radius 1 is 0.745 bits per heavy atom. The minimum absolute atomic E-state index is 0.0119. The number of rotatable bonds is 15. The van der Waals surface area contributed by atoms with Crippen molar-refractivity contribution in [2.24, 2.45) is 5.92 Å². The van der Waals surface area contributed by atoms with Crippen molar-refractivity contribution in [1.29, 1.82) is 0 Å². The number of anilines is 1. The molecule has 244 valence electrons. The Morgan fingerprint density at radius 2 is 1.32 bits per heavy atom. The topological polar surface area (TPSA) is 131 Å². The van der Waals surface area contributed by atoms with Crippen molar-refractivity contribution in [2.75, 3.05) is 25.6 Å². The maximum atomic E-state index is 13.3. The van der Waals surface area contributed by atoms with E-state index >= 15 is 0 Å². The first-order valence-corrected chi connectivity index (χ1v) is 15.2. The Balaban J connectivity index is 1.32. The minimum atomic E-state index is -1.16. The van der Waals surface area contributed by atoms with E-state index in [1.165, 1.54) is 17.0 Å². The smallest absolute Gasteiger partial charge is 0.343 e. The van der Waals surface area contributed by atoms with E-state index in [2.05, 4.69) is 19.2 Å². The third-order valence-corrected chi connectivity index (χ3v) is 7.11. The summed E-state index contributed by atoms with van der Waals surface area (Å²) in [5.74, 6) is -0.200. The van der Waals surface area contributed by atoms with E-state index in [1.54, 1.807) is 79.9 Å². The van der Waals surface area contributed by atoms with Gasteiger partial charge in [0.1, 0.15) is 23.8 Å². The van der Waals surface area contributed by atoms with Gasteiger partial charge in [0.05, 0.1) is 25.7 Å². The molecule has 4 rings (SSSR count). The maximum Gasteiger partial charge on any atom is 0.343 e. The number of benzene rings is 4. The predicted molar refractivity (Wildman–Crippen MR) is 177 cm³/mol. The molecule has 2 N–H and O–H groups in total. The van der Waals surface area contributed by atoms with E-state index in [1.807, 2.05) is 12.1 Å². The standard InChI is InChI=1S/C37H38N2O8/c1-25(2)20-21-46-32-18-10-29(11-19-32)37(44)47-33-16-6-27(7-17-33)23-39(24-35(41)42)36(43)28-8-12-30(13-9-28)38-34(40)22-26-4-14-31(45-3)15-5-26/h4-19,25H,20-24H2,1-3H3,(H,38,40)(H,41,42). The van der Waals surface area contributed by atoms with Crippen molar-refractivity contribution in [3.63, 3.8) is 0 Å². The molecule has 0 unspecified atom stereocenters. The molecule has 4 aromatic carbocycles. The quantitative estimate of drug-likeness (QED) is 0.115. The third kappa shape index (κ3) is 10.7. The van der Waals surface area contributed by atoms with Gasteiger partial charge in [0.2, 0.25) is 5.91 Å². The highest BCUT2D eigenvalue weighted by Gasteiger charge is 2.20. The fourth-order valence-electron chi connectivity index (χ4n) is 4.52. The molecule has 2 amide bonds. The summed E-state index contributed by atoms with van der Waals surface area (Å²) in [6.07, 6.45) is 1.10. The number of carbonyl (C=O) groups is 4. The average molecular weight is 639 g/mol. The summed E-state index contributed by atoms with van der Waals surface area (Å²) >= 11 is 0. The van der Waals surface area contributed by atoms with Crippen molar-refractivity contribution in [1.82, 2.24) is 4.90 Å². The van der Waals surface area contributed by atoms with E-state index in [0.717, 1.165) is 12.0 Å². The first-order valence-electron chi connectivity index (χ1n) is 15.2. The van der Waals surface area contributed by atoms with Gasteiger partial charge in [-0.25, -0.2) is 4.79 Å². The van der Waals surface area contributed by atoms with E-state index in [-0.39, 0.29) is 24.4 Å². The molecule has 47 heavy (non-hydrogen) atoms. The summed E-state index contributed by atoms with van der Waals surface area (Å²) in [5, 5.41) is 12.3. The highest BCUT2D eigenvalue weighted by atomic mass is 16.5. The molecule has 0 saturated carbocycles. The Morgan fingerprint density at radius 3 is 1.91 bits per heavy atom. The monoisotopic (exact) mass is 638 g/mol. The predicted octanol–water partition coefficient (Wildman–Crippen LogP) is 6.25. The lowest BCUT2D eigenvalue weighted by Gasteiger charge is -2.21. The van der Waals surface area contributed by atoms with Crippen molar-refractivity contribution >= 4 is 29.4 Å². The van der Waals surface area contributed by atoms with E-state index in [9.17, 15) is 24.3 Å². The van der Waals surface area contributed by atoms with Crippen LogP contribution >= 0.6 is 0 Å². The molecule has 0 saturated heterocycles. The third-order valence-electron chi connectivity index (χ3n) is 7.11. The lowest BCUT2D eigenvalue weighted by molar-refractivity contribution is -0.137. The second-order valence-corrected chi connectivity index (χ2v) is 11.3. The molecule has 0 aliphatic rings. The number of carboxylic acids is 1. The Hall–Kier alpha value is -5.64. The number of amides is 2. The number of methoxy groups -OCH3 is 1. The van der Waals surface area contributed by atoms with Crippen LogP contribution in [0.3, 0.4) is 0 Å². The molecule has 0 aliphatic heterocycles. The van der Waals surface area contributed by atoms with Gasteiger partial charge in [-0.3, -0.25) is 14.4 Å². The summed E-state index contributed by atoms with van der Waals surface area (Å²) in [6.45, 7) is 4.34. The van der Waals surface area contributed by atoms with Gasteiger partial charge in [0, 0.05) is 17.8 Å². The number of ether oxygens (including phenoxy) is 3. The van der Waals surface area contributed by atoms with Crippen molar-refractivity contribution in [2.45, 2.75) is 33.2 Å². The number of hydrogen-bond donors (Lipinski definition) is 2. The molecule has 0 bridgehead atoms. The van der Waals surface area contributed by atoms with Gasteiger partial charge in [0.25, 0.3) is 5.91 Å². The molecule has 0 aliphatic carbocycles. The summed E-state index contributed by atoms with van der Waals surface area (Å²) in [4.78, 5) is 51.2. The molecule has 0 heterocycles. The largest absolute Gasteiger partial charge is 0.497 e. The van der Waals surface area contributed by atoms with Gasteiger partial charge in [0.15, 0.2) is 0 Å². The van der Waals surface area contributed by atoms with Crippen LogP contribution in [-0.4, -0.2) is 54.0 Å². The molecule has 4 aromatic rings. The number of nitrogens with zero attached hydrogens (tertiary/aromatic N) is 1. The van der Waals surface area contributed by atoms with Crippen molar-refractivity contribution in [3.8, 4) is 17.2 Å². The first kappa shape index (κ1) is 34.2. The van der Waals surface area contributed by atoms with Crippen molar-refractivity contribution < 1.29 is 38.5 Å². The van der Waals surface area contributed by atoms with Crippen LogP contribution in [0.5, 0.6) is 17.2 Å². The Labute approximate surface area is 273 Å². The van der Waals surface area contributed by atoms with Gasteiger partial charge in [-0.15, -0.1) is 0 Å². The van der Waals surface area contributed by atoms with Crippen LogP contribution in [-0.2, 0) is 22.6 Å². The van der Waals surface area contributed by atoms with Gasteiger partial charge in [-0.05, 0) is 96.3 Å². The highest BCUT2D eigenvalue weighted by molar-refractivity contribution is 5.97. The molecule has 0 fully saturated rings. The number of nitrogens with one attached hydrogen (secondary N) is 1. The van der Waals surface area contributed by atoms with Gasteiger partial charge in [-0.2, -0.15) is 0 Å². The normalized spacial score (nSPS) is 10.6. The lowest BCUT2D eigenvalue weighted by Crippen LogP contribution is -2.35. The van der Waals surface area contributed by atoms with Crippen LogP contribution in [0.2, 0.25) is 0 Å². The zero-order valence-electron chi connectivity index (χ0n) is 26.6. The van der Waals surface area contributed by atoms with Crippen LogP contribution in [0.25, 0.3) is 0 Å². The molecule has 10 nitrogen and oxygen atoms in total. The van der Waals surface area contributed by atoms with E-state index in [4.69, 9.17) is 14.2 Å². The average Bonchev–Trinajstić information content (AvgIpc) is 3.05. The van der Waals surface area contributed by atoms with Crippen molar-refractivity contribution in [3.05, 3.63) is 119 Å². The van der Waals surface area contributed by atoms with Gasteiger partial charge in [-0.1, -0.05) is 38.1 Å². The van der Waals surface area contributed by atoms with Crippen LogP contribution < -0.4 is 19.5 Å². The first-order chi connectivity index (χ1) is 22.6. The number of aliphatic carboxylic acids is 1. The van der Waals surface area contributed by atoms with Crippen LogP contribution in [0.4, 0.5) is 5.69 Å². The summed E-state index contributed by atoms with van der Waals surface area (Å²) < 4.78 is 16.3. The second-order valence-electron chi connectivity index (χ2n) is 11.3. The zero-order chi connectivity index (χ0) is 33.8. The summed E-state index contributed by atoms with van der Waals surface area (Å²) in [7, 11) is 1.57. The molecule has 10 heteroatoms. The minimum Gasteiger partial charge on any atom is -0.497 e. The van der Waals surface area contributed by atoms with Gasteiger partial charge >= 0.3 is 11.9 Å². The van der Waals surface area contributed by atoms with Gasteiger partial charge < -0.3 is 29.5 Å². The molecule has 0 atom stereocenters. The summed E-state index contributed by atoms with van der Waals surface area (Å²) in [5.41, 5.74) is 2.59. The second kappa shape index (κ2) is 16.6. The molecule has 0 radical (unpaired) electrons. The molecular weight excluding hydrogens is 600 g/mol. The lowest BCUT2D eigenvalue weighted by atomic mass is 10.1. The van der Waals surface area contributed by atoms with E-state index in [0.29, 0.717) is 46.6 Å². The SMILES string of the molecule is COc1ccc(CC(=O)Nc2ccc(C(=O)N(CC(=O)O)Cc3ccc(OC(=O)c4ccc(OCCC(C)C)cc4)cc3)cc2)cc1. The maximum absolute atomic E-state index is 13.3. The Bertz CT molecular complexity index is 1650. The molecule has 0 aromatic heterocycles.